The van der Waals surface area contributed by atoms with Crippen molar-refractivity contribution in [2.75, 3.05) is 6.54 Å². The van der Waals surface area contributed by atoms with Crippen molar-refractivity contribution in [2.24, 2.45) is 0 Å². The molecule has 1 fully saturated rings. The molecule has 0 N–H and O–H groups in total. The lowest BCUT2D eigenvalue weighted by Crippen LogP contribution is -2.33. The Morgan fingerprint density at radius 3 is 2.96 bits per heavy atom. The van der Waals surface area contributed by atoms with Crippen LogP contribution in [0.4, 0.5) is 0 Å². The zero-order valence-electron chi connectivity index (χ0n) is 14.6. The first-order chi connectivity index (χ1) is 12.2. The fourth-order valence-electron chi connectivity index (χ4n) is 3.70. The molecule has 1 atom stereocenters. The van der Waals surface area contributed by atoms with Crippen LogP contribution < -0.4 is 0 Å². The highest BCUT2D eigenvalue weighted by molar-refractivity contribution is 5.81. The number of carbonyl (C=O) groups excluding carboxylic acids is 1. The minimum atomic E-state index is -0.00596. The predicted molar refractivity (Wildman–Crippen MR) is 94.0 cm³/mol. The molecule has 6 nitrogen and oxygen atoms in total. The van der Waals surface area contributed by atoms with Crippen LogP contribution in [0.1, 0.15) is 43.1 Å². The van der Waals surface area contributed by atoms with Crippen LogP contribution in [0.3, 0.4) is 0 Å². The molecule has 3 heterocycles. The fourth-order valence-corrected chi connectivity index (χ4v) is 3.70. The SMILES string of the molecule is CCc1nc2ccccc2n1CC(=O)N1CCCC1c1cc(C)no1. The van der Waals surface area contributed by atoms with Crippen molar-refractivity contribution in [1.82, 2.24) is 19.6 Å². The van der Waals surface area contributed by atoms with Crippen molar-refractivity contribution in [3.63, 3.8) is 0 Å². The molecule has 3 aromatic rings. The van der Waals surface area contributed by atoms with E-state index in [0.717, 1.165) is 54.1 Å². The van der Waals surface area contributed by atoms with E-state index < -0.39 is 0 Å². The van der Waals surface area contributed by atoms with Crippen molar-refractivity contribution < 1.29 is 9.32 Å². The van der Waals surface area contributed by atoms with Crippen LogP contribution in [0.15, 0.2) is 34.9 Å². The number of aromatic nitrogens is 3. The molecular weight excluding hydrogens is 316 g/mol. The smallest absolute Gasteiger partial charge is 0.243 e. The highest BCUT2D eigenvalue weighted by atomic mass is 16.5. The van der Waals surface area contributed by atoms with Gasteiger partial charge in [0.2, 0.25) is 5.91 Å². The van der Waals surface area contributed by atoms with Crippen molar-refractivity contribution in [1.29, 1.82) is 0 Å². The van der Waals surface area contributed by atoms with Gasteiger partial charge in [0.05, 0.1) is 22.8 Å². The van der Waals surface area contributed by atoms with Gasteiger partial charge in [-0.3, -0.25) is 4.79 Å². The third kappa shape index (κ3) is 2.81. The number of aryl methyl sites for hydroxylation is 2. The maximum absolute atomic E-state index is 13.0. The Hall–Kier alpha value is -2.63. The second kappa shape index (κ2) is 6.35. The van der Waals surface area contributed by atoms with Crippen molar-refractivity contribution >= 4 is 16.9 Å². The van der Waals surface area contributed by atoms with E-state index in [2.05, 4.69) is 17.1 Å². The molecule has 0 radical (unpaired) electrons. The summed E-state index contributed by atoms with van der Waals surface area (Å²) in [6.45, 7) is 5.04. The summed E-state index contributed by atoms with van der Waals surface area (Å²) in [5.74, 6) is 1.84. The van der Waals surface area contributed by atoms with E-state index in [-0.39, 0.29) is 11.9 Å². The Bertz CT molecular complexity index is 911. The van der Waals surface area contributed by atoms with Gasteiger partial charge in [-0.15, -0.1) is 0 Å². The molecule has 0 bridgehead atoms. The molecule has 2 aromatic heterocycles. The second-order valence-corrected chi connectivity index (χ2v) is 6.57. The number of likely N-dealkylation sites (tertiary alicyclic amines) is 1. The summed E-state index contributed by atoms with van der Waals surface area (Å²) < 4.78 is 7.46. The third-order valence-electron chi connectivity index (χ3n) is 4.89. The van der Waals surface area contributed by atoms with Gasteiger partial charge >= 0.3 is 0 Å². The van der Waals surface area contributed by atoms with Crippen molar-refractivity contribution in [2.45, 2.75) is 45.7 Å². The molecule has 1 aliphatic rings. The van der Waals surface area contributed by atoms with Gasteiger partial charge in [-0.2, -0.15) is 0 Å². The number of rotatable bonds is 4. The molecule has 130 valence electrons. The summed E-state index contributed by atoms with van der Waals surface area (Å²) in [4.78, 5) is 19.6. The van der Waals surface area contributed by atoms with Crippen LogP contribution >= 0.6 is 0 Å². The van der Waals surface area contributed by atoms with E-state index >= 15 is 0 Å². The van der Waals surface area contributed by atoms with Gasteiger partial charge in [0.15, 0.2) is 5.76 Å². The number of fused-ring (bicyclic) bond motifs is 1. The molecule has 1 unspecified atom stereocenters. The minimum absolute atomic E-state index is 0.00596. The van der Waals surface area contributed by atoms with E-state index in [1.165, 1.54) is 0 Å². The van der Waals surface area contributed by atoms with Gasteiger partial charge in [0.25, 0.3) is 0 Å². The van der Waals surface area contributed by atoms with Crippen LogP contribution in [0, 0.1) is 6.92 Å². The fraction of sp³-hybridized carbons (Fsp3) is 0.421. The van der Waals surface area contributed by atoms with E-state index in [4.69, 9.17) is 4.52 Å². The Morgan fingerprint density at radius 2 is 2.20 bits per heavy atom. The van der Waals surface area contributed by atoms with Crippen LogP contribution in [0.2, 0.25) is 0 Å². The highest BCUT2D eigenvalue weighted by Crippen LogP contribution is 2.32. The standard InChI is InChI=1S/C19H22N4O2/c1-3-18-20-14-7-4-5-8-15(14)23(18)12-19(24)22-10-6-9-16(22)17-11-13(2)21-25-17/h4-5,7-8,11,16H,3,6,9-10,12H2,1-2H3. The molecule has 0 spiro atoms. The first-order valence-electron chi connectivity index (χ1n) is 8.84. The van der Waals surface area contributed by atoms with Gasteiger partial charge in [0, 0.05) is 19.0 Å². The third-order valence-corrected chi connectivity index (χ3v) is 4.89. The number of nitrogens with zero attached hydrogens (tertiary/aromatic N) is 4. The topological polar surface area (TPSA) is 64.2 Å². The molecule has 1 aliphatic heterocycles. The van der Waals surface area contributed by atoms with Crippen LogP contribution in [0.25, 0.3) is 11.0 Å². The second-order valence-electron chi connectivity index (χ2n) is 6.57. The lowest BCUT2D eigenvalue weighted by Gasteiger charge is -2.23. The number of benzene rings is 1. The Labute approximate surface area is 146 Å². The summed E-state index contributed by atoms with van der Waals surface area (Å²) in [5, 5.41) is 3.97. The molecule has 0 aliphatic carbocycles. The van der Waals surface area contributed by atoms with Crippen molar-refractivity contribution in [3.05, 3.63) is 47.6 Å². The molecule has 25 heavy (non-hydrogen) atoms. The quantitative estimate of drug-likeness (QED) is 0.732. The number of hydrogen-bond acceptors (Lipinski definition) is 4. The van der Waals surface area contributed by atoms with Crippen LogP contribution in [0.5, 0.6) is 0 Å². The molecule has 6 heteroatoms. The van der Waals surface area contributed by atoms with Gasteiger partial charge in [0.1, 0.15) is 12.4 Å². The van der Waals surface area contributed by atoms with E-state index in [9.17, 15) is 4.79 Å². The number of carbonyl (C=O) groups is 1. The summed E-state index contributed by atoms with van der Waals surface area (Å²) in [5.41, 5.74) is 2.80. The predicted octanol–water partition coefficient (Wildman–Crippen LogP) is 3.26. The molecule has 1 saturated heterocycles. The van der Waals surface area contributed by atoms with Crippen LogP contribution in [-0.4, -0.2) is 32.1 Å². The zero-order valence-corrected chi connectivity index (χ0v) is 14.6. The largest absolute Gasteiger partial charge is 0.359 e. The Morgan fingerprint density at radius 1 is 1.36 bits per heavy atom. The lowest BCUT2D eigenvalue weighted by atomic mass is 10.1. The molecule has 1 amide bonds. The number of para-hydroxylation sites is 2. The maximum Gasteiger partial charge on any atom is 0.243 e. The minimum Gasteiger partial charge on any atom is -0.359 e. The average Bonchev–Trinajstić information content (AvgIpc) is 3.33. The Kier molecular flexibility index (Phi) is 4.03. The maximum atomic E-state index is 13.0. The monoisotopic (exact) mass is 338 g/mol. The van der Waals surface area contributed by atoms with Crippen LogP contribution in [-0.2, 0) is 17.8 Å². The molecule has 4 rings (SSSR count). The normalized spacial score (nSPS) is 17.5. The van der Waals surface area contributed by atoms with Crippen molar-refractivity contribution in [3.8, 4) is 0 Å². The summed E-state index contributed by atoms with van der Waals surface area (Å²) in [6, 6.07) is 9.90. The number of imidazole rings is 1. The van der Waals surface area contributed by atoms with E-state index in [1.807, 2.05) is 46.7 Å². The van der Waals surface area contributed by atoms with E-state index in [1.54, 1.807) is 0 Å². The summed E-state index contributed by atoms with van der Waals surface area (Å²) in [6.07, 6.45) is 2.71. The Balaban J connectivity index is 1.61. The number of hydrogen-bond donors (Lipinski definition) is 0. The zero-order chi connectivity index (χ0) is 17.4. The van der Waals surface area contributed by atoms with Gasteiger partial charge in [-0.25, -0.2) is 4.98 Å². The summed E-state index contributed by atoms with van der Waals surface area (Å²) in [7, 11) is 0. The van der Waals surface area contributed by atoms with Gasteiger partial charge in [-0.05, 0) is 31.9 Å². The summed E-state index contributed by atoms with van der Waals surface area (Å²) >= 11 is 0. The number of amides is 1. The lowest BCUT2D eigenvalue weighted by molar-refractivity contribution is -0.133. The van der Waals surface area contributed by atoms with Gasteiger partial charge < -0.3 is 14.0 Å². The highest BCUT2D eigenvalue weighted by Gasteiger charge is 2.33. The van der Waals surface area contributed by atoms with Gasteiger partial charge in [-0.1, -0.05) is 24.2 Å². The first-order valence-corrected chi connectivity index (χ1v) is 8.84. The molecule has 0 saturated carbocycles. The first kappa shape index (κ1) is 15.9. The molecular formula is C19H22N4O2. The van der Waals surface area contributed by atoms with E-state index in [0.29, 0.717) is 6.54 Å². The average molecular weight is 338 g/mol. The molecule has 1 aromatic carbocycles.